The molecule has 2 heterocycles. The summed E-state index contributed by atoms with van der Waals surface area (Å²) in [4.78, 5) is 17.1. The summed E-state index contributed by atoms with van der Waals surface area (Å²) in [6.07, 6.45) is 0. The lowest BCUT2D eigenvalue weighted by atomic mass is 10.1. The normalized spacial score (nSPS) is 11.0. The average Bonchev–Trinajstić information content (AvgIpc) is 3.49. The number of oxazole rings is 1. The predicted molar refractivity (Wildman–Crippen MR) is 144 cm³/mol. The van der Waals surface area contributed by atoms with E-state index in [9.17, 15) is 9.90 Å². The molecule has 1 amide bonds. The maximum absolute atomic E-state index is 12.7. The number of nitrogens with zero attached hydrogens (tertiary/aromatic N) is 1. The van der Waals surface area contributed by atoms with Gasteiger partial charge in [0.2, 0.25) is 5.89 Å². The van der Waals surface area contributed by atoms with E-state index in [0.717, 1.165) is 5.56 Å². The molecule has 3 aromatic carbocycles. The number of halogens is 2. The first-order chi connectivity index (χ1) is 17.3. The third kappa shape index (κ3) is 4.92. The molecule has 0 aliphatic rings. The second-order valence-electron chi connectivity index (χ2n) is 7.92. The number of aromatic nitrogens is 1. The third-order valence-electron chi connectivity index (χ3n) is 5.28. The van der Waals surface area contributed by atoms with Gasteiger partial charge in [0.15, 0.2) is 16.5 Å². The maximum atomic E-state index is 12.7. The molecule has 5 rings (SSSR count). The number of phenols is 1. The Kier molecular flexibility index (Phi) is 6.40. The van der Waals surface area contributed by atoms with E-state index in [0.29, 0.717) is 43.7 Å². The Morgan fingerprint density at radius 2 is 1.81 bits per heavy atom. The minimum Gasteiger partial charge on any atom is -0.507 e. The highest BCUT2D eigenvalue weighted by molar-refractivity contribution is 7.80. The lowest BCUT2D eigenvalue weighted by molar-refractivity contribution is 0.0951. The first kappa shape index (κ1) is 23.9. The second kappa shape index (κ2) is 9.66. The van der Waals surface area contributed by atoms with Crippen LogP contribution in [0.2, 0.25) is 10.0 Å². The number of amides is 1. The largest absolute Gasteiger partial charge is 0.507 e. The fourth-order valence-electron chi connectivity index (χ4n) is 3.55. The summed E-state index contributed by atoms with van der Waals surface area (Å²) in [5.41, 5.74) is 3.77. The van der Waals surface area contributed by atoms with Crippen LogP contribution < -0.4 is 10.6 Å². The molecule has 0 radical (unpaired) electrons. The Hall–Kier alpha value is -3.85. The van der Waals surface area contributed by atoms with Gasteiger partial charge in [-0.3, -0.25) is 10.1 Å². The second-order valence-corrected chi connectivity index (χ2v) is 9.17. The molecule has 7 nitrogen and oxygen atoms in total. The zero-order valence-electron chi connectivity index (χ0n) is 18.6. The molecule has 0 saturated heterocycles. The number of anilines is 1. The monoisotopic (exact) mass is 537 g/mol. The lowest BCUT2D eigenvalue weighted by Gasteiger charge is -2.10. The van der Waals surface area contributed by atoms with Gasteiger partial charge in [-0.05, 0) is 85.4 Å². The van der Waals surface area contributed by atoms with E-state index in [4.69, 9.17) is 44.3 Å². The van der Waals surface area contributed by atoms with Crippen LogP contribution in [0.5, 0.6) is 5.75 Å². The molecule has 0 saturated carbocycles. The van der Waals surface area contributed by atoms with Crippen LogP contribution in [0.25, 0.3) is 33.9 Å². The van der Waals surface area contributed by atoms with Gasteiger partial charge >= 0.3 is 0 Å². The number of hydrogen-bond acceptors (Lipinski definition) is 6. The van der Waals surface area contributed by atoms with Gasteiger partial charge in [-0.2, -0.15) is 0 Å². The zero-order valence-corrected chi connectivity index (χ0v) is 21.0. The Morgan fingerprint density at radius 1 is 0.972 bits per heavy atom. The highest BCUT2D eigenvalue weighted by Crippen LogP contribution is 2.34. The van der Waals surface area contributed by atoms with Crippen molar-refractivity contribution >= 4 is 63.2 Å². The van der Waals surface area contributed by atoms with Crippen molar-refractivity contribution in [3.8, 4) is 28.5 Å². The van der Waals surface area contributed by atoms with Crippen LogP contribution in [-0.2, 0) is 0 Å². The van der Waals surface area contributed by atoms with Crippen LogP contribution in [0.1, 0.15) is 16.1 Å². The summed E-state index contributed by atoms with van der Waals surface area (Å²) in [6.45, 7) is 1.95. The number of rotatable bonds is 4. The highest BCUT2D eigenvalue weighted by atomic mass is 35.5. The van der Waals surface area contributed by atoms with Gasteiger partial charge in [0.25, 0.3) is 5.91 Å². The molecule has 0 aliphatic heterocycles. The van der Waals surface area contributed by atoms with Crippen LogP contribution >= 0.6 is 35.4 Å². The maximum Gasteiger partial charge on any atom is 0.293 e. The first-order valence-corrected chi connectivity index (χ1v) is 11.8. The third-order valence-corrected chi connectivity index (χ3v) is 6.05. The standard InChI is InChI=1S/C26H17Cl2N3O4S/c1-13-2-6-19-23(10-13)35-25(30-19)17-12-15(4-7-20(17)32)29-26(36)31-24(33)22-9-8-21(34-22)16-11-14(27)3-5-18(16)28/h2-12,32H,1H3,(H2,29,31,33,36). The molecule has 180 valence electrons. The van der Waals surface area contributed by atoms with E-state index >= 15 is 0 Å². The summed E-state index contributed by atoms with van der Waals surface area (Å²) < 4.78 is 11.5. The number of benzene rings is 3. The molecular formula is C26H17Cl2N3O4S. The number of aromatic hydroxyl groups is 1. The SMILES string of the molecule is Cc1ccc2nc(-c3cc(NC(=S)NC(=O)c4ccc(-c5cc(Cl)ccc5Cl)o4)ccc3O)oc2c1. The molecular weight excluding hydrogens is 521 g/mol. The number of furan rings is 1. The molecule has 0 atom stereocenters. The quantitative estimate of drug-likeness (QED) is 0.164. The smallest absolute Gasteiger partial charge is 0.293 e. The molecule has 0 fully saturated rings. The van der Waals surface area contributed by atoms with Crippen LogP contribution in [0.15, 0.2) is 75.6 Å². The molecule has 10 heteroatoms. The van der Waals surface area contributed by atoms with Gasteiger partial charge in [0.05, 0.1) is 10.6 Å². The van der Waals surface area contributed by atoms with Crippen molar-refractivity contribution in [1.82, 2.24) is 10.3 Å². The van der Waals surface area contributed by atoms with Crippen LogP contribution in [-0.4, -0.2) is 21.1 Å². The Balaban J connectivity index is 1.30. The molecule has 2 aromatic heterocycles. The van der Waals surface area contributed by atoms with E-state index in [2.05, 4.69) is 15.6 Å². The Morgan fingerprint density at radius 3 is 2.64 bits per heavy atom. The van der Waals surface area contributed by atoms with E-state index < -0.39 is 5.91 Å². The van der Waals surface area contributed by atoms with Crippen molar-refractivity contribution in [3.63, 3.8) is 0 Å². The van der Waals surface area contributed by atoms with Crippen LogP contribution in [0, 0.1) is 6.92 Å². The molecule has 0 spiro atoms. The van der Waals surface area contributed by atoms with Crippen molar-refractivity contribution in [2.45, 2.75) is 6.92 Å². The number of thiocarbonyl (C=S) groups is 1. The minimum atomic E-state index is -0.551. The summed E-state index contributed by atoms with van der Waals surface area (Å²) >= 11 is 17.5. The van der Waals surface area contributed by atoms with Gasteiger partial charge in [-0.25, -0.2) is 4.98 Å². The lowest BCUT2D eigenvalue weighted by Crippen LogP contribution is -2.33. The van der Waals surface area contributed by atoms with Crippen molar-refractivity contribution in [2.24, 2.45) is 0 Å². The number of nitrogens with one attached hydrogen (secondary N) is 2. The molecule has 0 bridgehead atoms. The topological polar surface area (TPSA) is 101 Å². The molecule has 5 aromatic rings. The van der Waals surface area contributed by atoms with Gasteiger partial charge in [0, 0.05) is 16.3 Å². The molecule has 3 N–H and O–H groups in total. The summed E-state index contributed by atoms with van der Waals surface area (Å²) in [6, 6.07) is 18.5. The number of hydrogen-bond donors (Lipinski definition) is 3. The van der Waals surface area contributed by atoms with Crippen molar-refractivity contribution < 1.29 is 18.7 Å². The van der Waals surface area contributed by atoms with Gasteiger partial charge in [-0.1, -0.05) is 29.3 Å². The van der Waals surface area contributed by atoms with E-state index in [-0.39, 0.29) is 22.5 Å². The summed E-state index contributed by atoms with van der Waals surface area (Å²) in [5.74, 6) is 0.128. The fraction of sp³-hybridized carbons (Fsp3) is 0.0385. The van der Waals surface area contributed by atoms with Crippen molar-refractivity contribution in [3.05, 3.63) is 88.1 Å². The summed E-state index contributed by atoms with van der Waals surface area (Å²) in [7, 11) is 0. The van der Waals surface area contributed by atoms with Gasteiger partial charge in [-0.15, -0.1) is 0 Å². The van der Waals surface area contributed by atoms with E-state index in [1.165, 1.54) is 12.1 Å². The fourth-order valence-corrected chi connectivity index (χ4v) is 4.14. The number of fused-ring (bicyclic) bond motifs is 1. The minimum absolute atomic E-state index is 0.0124. The van der Waals surface area contributed by atoms with E-state index in [1.807, 2.05) is 25.1 Å². The number of carbonyl (C=O) groups is 1. The van der Waals surface area contributed by atoms with Crippen molar-refractivity contribution in [2.75, 3.05) is 5.32 Å². The Labute approximate surface area is 220 Å². The number of phenolic OH excluding ortho intramolecular Hbond substituents is 1. The van der Waals surface area contributed by atoms with Crippen molar-refractivity contribution in [1.29, 1.82) is 0 Å². The van der Waals surface area contributed by atoms with Gasteiger partial charge < -0.3 is 19.3 Å². The average molecular weight is 538 g/mol. The molecule has 36 heavy (non-hydrogen) atoms. The highest BCUT2D eigenvalue weighted by Gasteiger charge is 2.17. The van der Waals surface area contributed by atoms with Crippen LogP contribution in [0.3, 0.4) is 0 Å². The molecule has 0 unspecified atom stereocenters. The zero-order chi connectivity index (χ0) is 25.4. The van der Waals surface area contributed by atoms with Gasteiger partial charge in [0.1, 0.15) is 17.0 Å². The molecule has 0 aliphatic carbocycles. The van der Waals surface area contributed by atoms with E-state index in [1.54, 1.807) is 36.4 Å². The summed E-state index contributed by atoms with van der Waals surface area (Å²) in [5, 5.41) is 16.8. The number of carbonyl (C=O) groups excluding carboxylic acids is 1. The van der Waals surface area contributed by atoms with Crippen LogP contribution in [0.4, 0.5) is 5.69 Å². The predicted octanol–water partition coefficient (Wildman–Crippen LogP) is 7.20. The number of aryl methyl sites for hydroxylation is 1. The first-order valence-electron chi connectivity index (χ1n) is 10.6. The Bertz CT molecular complexity index is 1640.